The van der Waals surface area contributed by atoms with Crippen molar-refractivity contribution in [1.82, 2.24) is 0 Å². The first-order valence-corrected chi connectivity index (χ1v) is 10.2. The summed E-state index contributed by atoms with van der Waals surface area (Å²) in [4.78, 5) is 23.6. The maximum Gasteiger partial charge on any atom is 0.371 e. The number of esters is 1. The largest absolute Gasteiger partial charge is 0.508 e. The first kappa shape index (κ1) is 24.9. The minimum Gasteiger partial charge on any atom is -0.508 e. The number of rotatable bonds is 8. The minimum absolute atomic E-state index is 0.0744. The Hall–Kier alpha value is -3.70. The number of phenols is 1. The van der Waals surface area contributed by atoms with Gasteiger partial charge in [0, 0.05) is 6.08 Å². The molecule has 0 aliphatic carbocycles. The number of hydrogen-bond donors (Lipinski definition) is 5. The van der Waals surface area contributed by atoms with E-state index in [1.54, 1.807) is 42.5 Å². The van der Waals surface area contributed by atoms with Crippen LogP contribution in [0, 0.1) is 0 Å². The number of aliphatic hydroxyl groups is 3. The molecule has 0 radical (unpaired) electrons. The van der Waals surface area contributed by atoms with Crippen LogP contribution in [0.25, 0.3) is 12.2 Å². The van der Waals surface area contributed by atoms with Gasteiger partial charge >= 0.3 is 11.9 Å². The van der Waals surface area contributed by atoms with Crippen LogP contribution in [-0.4, -0.2) is 74.8 Å². The van der Waals surface area contributed by atoms with Gasteiger partial charge in [0.25, 0.3) is 0 Å². The van der Waals surface area contributed by atoms with E-state index in [4.69, 9.17) is 14.2 Å². The summed E-state index contributed by atoms with van der Waals surface area (Å²) in [7, 11) is 0. The second-order valence-corrected chi connectivity index (χ2v) is 7.41. The fourth-order valence-corrected chi connectivity index (χ4v) is 3.09. The van der Waals surface area contributed by atoms with Crippen LogP contribution in [-0.2, 0) is 23.8 Å². The number of phenolic OH excluding ortho intramolecular Hbond substituents is 1. The quantitative estimate of drug-likeness (QED) is 0.212. The smallest absolute Gasteiger partial charge is 0.371 e. The number of ether oxygens (including phenoxy) is 3. The lowest BCUT2D eigenvalue weighted by molar-refractivity contribution is -0.291. The average Bonchev–Trinajstić information content (AvgIpc) is 2.83. The molecule has 2 aromatic carbocycles. The molecule has 34 heavy (non-hydrogen) atoms. The molecule has 1 saturated heterocycles. The summed E-state index contributed by atoms with van der Waals surface area (Å²) in [6, 6.07) is 14.5. The van der Waals surface area contributed by atoms with Crippen LogP contribution in [0.4, 0.5) is 0 Å². The molecule has 5 N–H and O–H groups in total. The van der Waals surface area contributed by atoms with Crippen LogP contribution in [0.2, 0.25) is 0 Å². The zero-order valence-corrected chi connectivity index (χ0v) is 17.8. The summed E-state index contributed by atoms with van der Waals surface area (Å²) in [5.41, 5.74) is 1.14. The fraction of sp³-hybridized carbons (Fsp3) is 0.250. The maximum absolute atomic E-state index is 12.0. The first-order valence-electron chi connectivity index (χ1n) is 10.2. The van der Waals surface area contributed by atoms with E-state index in [9.17, 15) is 35.1 Å². The van der Waals surface area contributed by atoms with Crippen LogP contribution >= 0.6 is 0 Å². The van der Waals surface area contributed by atoms with Gasteiger partial charge in [-0.2, -0.15) is 0 Å². The molecular formula is C24H24O10. The lowest BCUT2D eigenvalue weighted by Crippen LogP contribution is -2.59. The molecule has 0 unspecified atom stereocenters. The van der Waals surface area contributed by atoms with Crippen molar-refractivity contribution >= 4 is 24.1 Å². The molecule has 0 spiro atoms. The van der Waals surface area contributed by atoms with Crippen molar-refractivity contribution in [3.63, 3.8) is 0 Å². The number of carboxylic acid groups (broad SMARTS) is 1. The molecule has 2 aromatic rings. The Balaban J connectivity index is 1.64. The highest BCUT2D eigenvalue weighted by Crippen LogP contribution is 2.25. The van der Waals surface area contributed by atoms with Gasteiger partial charge in [-0.1, -0.05) is 42.5 Å². The molecule has 180 valence electrons. The highest BCUT2D eigenvalue weighted by atomic mass is 16.7. The number of hydrogen-bond acceptors (Lipinski definition) is 9. The lowest BCUT2D eigenvalue weighted by Gasteiger charge is -2.39. The average molecular weight is 472 g/mol. The molecule has 0 saturated carbocycles. The Labute approximate surface area is 194 Å². The van der Waals surface area contributed by atoms with E-state index in [0.717, 1.165) is 6.08 Å². The summed E-state index contributed by atoms with van der Waals surface area (Å²) < 4.78 is 15.7. The third-order valence-electron chi connectivity index (χ3n) is 4.91. The molecule has 3 rings (SSSR count). The monoisotopic (exact) mass is 472 g/mol. The van der Waals surface area contributed by atoms with Gasteiger partial charge in [0.1, 0.15) is 36.8 Å². The van der Waals surface area contributed by atoms with Gasteiger partial charge in [-0.25, -0.2) is 9.59 Å². The fourth-order valence-electron chi connectivity index (χ4n) is 3.09. The highest BCUT2D eigenvalue weighted by Gasteiger charge is 2.46. The minimum atomic E-state index is -1.77. The summed E-state index contributed by atoms with van der Waals surface area (Å²) in [6.07, 6.45) is -4.34. The van der Waals surface area contributed by atoms with Crippen LogP contribution < -0.4 is 0 Å². The summed E-state index contributed by atoms with van der Waals surface area (Å²) in [5, 5.41) is 49.3. The van der Waals surface area contributed by atoms with E-state index in [-0.39, 0.29) is 5.75 Å². The van der Waals surface area contributed by atoms with Gasteiger partial charge in [-0.15, -0.1) is 0 Å². The lowest BCUT2D eigenvalue weighted by atomic mass is 9.99. The normalized spacial score (nSPS) is 25.1. The molecule has 1 heterocycles. The molecule has 1 aliphatic rings. The Kier molecular flexibility index (Phi) is 8.39. The Morgan fingerprint density at radius 2 is 1.59 bits per heavy atom. The van der Waals surface area contributed by atoms with Gasteiger partial charge in [0.15, 0.2) is 0 Å². The zero-order valence-electron chi connectivity index (χ0n) is 17.8. The van der Waals surface area contributed by atoms with E-state index in [2.05, 4.69) is 0 Å². The topological polar surface area (TPSA) is 163 Å². The van der Waals surface area contributed by atoms with Gasteiger partial charge in [0.2, 0.25) is 12.0 Å². The van der Waals surface area contributed by atoms with Crippen molar-refractivity contribution in [3.8, 4) is 5.75 Å². The molecule has 5 atom stereocenters. The molecule has 0 bridgehead atoms. The second kappa shape index (κ2) is 11.4. The van der Waals surface area contributed by atoms with Crippen LogP contribution in [0.5, 0.6) is 5.75 Å². The molecule has 1 aliphatic heterocycles. The van der Waals surface area contributed by atoms with Gasteiger partial charge in [-0.05, 0) is 35.4 Å². The van der Waals surface area contributed by atoms with E-state index < -0.39 is 55.0 Å². The molecular weight excluding hydrogens is 448 g/mol. The predicted molar refractivity (Wildman–Crippen MR) is 118 cm³/mol. The third kappa shape index (κ3) is 6.65. The van der Waals surface area contributed by atoms with Gasteiger partial charge in [0.05, 0.1) is 0 Å². The standard InChI is InChI=1S/C24H24O10/c25-16-9-6-14(7-10-16)8-11-19(26)32-13-18-20(27)21(28)22(29)24(34-18)33-17(23(30)31)12-15-4-2-1-3-5-15/h1-12,18,20-22,24-25,27-29H,13H2,(H,30,31)/b11-8+,17-12+/t18-,20-,21+,22-,24-/m1/s1. The Bertz CT molecular complexity index is 1030. The summed E-state index contributed by atoms with van der Waals surface area (Å²) in [5.74, 6) is -2.71. The number of benzene rings is 2. The van der Waals surface area contributed by atoms with Crippen molar-refractivity contribution < 1.29 is 49.3 Å². The predicted octanol–water partition coefficient (Wildman–Crippen LogP) is 0.898. The first-order chi connectivity index (χ1) is 16.2. The van der Waals surface area contributed by atoms with E-state index in [0.29, 0.717) is 11.1 Å². The van der Waals surface area contributed by atoms with Crippen LogP contribution in [0.3, 0.4) is 0 Å². The number of carbonyl (C=O) groups is 2. The highest BCUT2D eigenvalue weighted by molar-refractivity contribution is 5.90. The molecule has 10 heteroatoms. The summed E-state index contributed by atoms with van der Waals surface area (Å²) in [6.45, 7) is -0.506. The van der Waals surface area contributed by atoms with Crippen LogP contribution in [0.1, 0.15) is 11.1 Å². The molecule has 0 amide bonds. The van der Waals surface area contributed by atoms with Gasteiger partial charge < -0.3 is 39.7 Å². The van der Waals surface area contributed by atoms with E-state index in [1.165, 1.54) is 24.3 Å². The molecule has 0 aromatic heterocycles. The van der Waals surface area contributed by atoms with Crippen molar-refractivity contribution in [2.75, 3.05) is 6.61 Å². The maximum atomic E-state index is 12.0. The Morgan fingerprint density at radius 1 is 0.912 bits per heavy atom. The van der Waals surface area contributed by atoms with E-state index in [1.807, 2.05) is 0 Å². The number of aromatic hydroxyl groups is 1. The number of carboxylic acids is 1. The van der Waals surface area contributed by atoms with Gasteiger partial charge in [-0.3, -0.25) is 0 Å². The number of carbonyl (C=O) groups excluding carboxylic acids is 1. The number of aliphatic carboxylic acids is 1. The Morgan fingerprint density at radius 3 is 2.24 bits per heavy atom. The summed E-state index contributed by atoms with van der Waals surface area (Å²) >= 11 is 0. The molecule has 10 nitrogen and oxygen atoms in total. The van der Waals surface area contributed by atoms with Crippen molar-refractivity contribution in [2.24, 2.45) is 0 Å². The van der Waals surface area contributed by atoms with Crippen LogP contribution in [0.15, 0.2) is 66.4 Å². The second-order valence-electron chi connectivity index (χ2n) is 7.41. The zero-order chi connectivity index (χ0) is 24.7. The van der Waals surface area contributed by atoms with Crippen molar-refractivity contribution in [2.45, 2.75) is 30.7 Å². The third-order valence-corrected chi connectivity index (χ3v) is 4.91. The SMILES string of the molecule is O=C(/C=C/c1ccc(O)cc1)OC[C@H]1O[C@@H](O/C(=C/c2ccccc2)C(=O)O)[C@H](O)[C@@H](O)[C@@H]1O. The van der Waals surface area contributed by atoms with Crippen molar-refractivity contribution in [1.29, 1.82) is 0 Å². The molecule has 1 fully saturated rings. The van der Waals surface area contributed by atoms with E-state index >= 15 is 0 Å². The van der Waals surface area contributed by atoms with Crippen molar-refractivity contribution in [3.05, 3.63) is 77.6 Å². The number of aliphatic hydroxyl groups excluding tert-OH is 3.